The third kappa shape index (κ3) is 2.48. The molecule has 1 N–H and O–H groups in total. The van der Waals surface area contributed by atoms with Crippen molar-refractivity contribution in [3.8, 4) is 0 Å². The largest absolute Gasteiger partial charge is 0.462 e. The molecule has 3 fully saturated rings. The van der Waals surface area contributed by atoms with Crippen LogP contribution in [0.15, 0.2) is 0 Å². The summed E-state index contributed by atoms with van der Waals surface area (Å²) in [5.74, 6) is -1.06. The maximum atomic E-state index is 10.9. The molecule has 0 saturated carbocycles. The molecule has 0 aliphatic carbocycles. The summed E-state index contributed by atoms with van der Waals surface area (Å²) in [4.78, 5) is 10.9. The fourth-order valence-corrected chi connectivity index (χ4v) is 2.98. The van der Waals surface area contributed by atoms with E-state index in [1.54, 1.807) is 0 Å². The van der Waals surface area contributed by atoms with Gasteiger partial charge in [0, 0.05) is 6.92 Å². The molecule has 5 atom stereocenters. The van der Waals surface area contributed by atoms with E-state index in [1.807, 2.05) is 13.8 Å². The zero-order valence-electron chi connectivity index (χ0n) is 11.5. The predicted octanol–water partition coefficient (Wildman–Crippen LogP) is 0.0678. The second kappa shape index (κ2) is 4.80. The zero-order chi connectivity index (χ0) is 14.5. The normalized spacial score (nSPS) is 41.4. The van der Waals surface area contributed by atoms with Crippen LogP contribution in [0, 0.1) is 0 Å². The molecule has 8 heteroatoms. The first-order valence-corrected chi connectivity index (χ1v) is 6.88. The van der Waals surface area contributed by atoms with Gasteiger partial charge in [-0.1, -0.05) is 0 Å². The van der Waals surface area contributed by atoms with Crippen molar-refractivity contribution in [3.05, 3.63) is 0 Å². The third-order valence-electron chi connectivity index (χ3n) is 3.45. The molecule has 0 radical (unpaired) electrons. The lowest BCUT2D eigenvalue weighted by Gasteiger charge is -2.36. The highest BCUT2D eigenvalue weighted by Gasteiger charge is 2.59. The maximum absolute atomic E-state index is 10.9. The molecule has 0 aromatic carbocycles. The molecule has 0 bridgehead atoms. The van der Waals surface area contributed by atoms with Gasteiger partial charge < -0.3 is 29.0 Å². The Morgan fingerprint density at radius 1 is 1.40 bits per heavy atom. The minimum atomic E-state index is -0.687. The van der Waals surface area contributed by atoms with Gasteiger partial charge in [-0.15, -0.1) is 0 Å². The van der Waals surface area contributed by atoms with Gasteiger partial charge in [0.1, 0.15) is 18.8 Å². The van der Waals surface area contributed by atoms with Crippen LogP contribution in [-0.2, 0) is 28.5 Å². The van der Waals surface area contributed by atoms with Crippen LogP contribution in [0.3, 0.4) is 0 Å². The third-order valence-corrected chi connectivity index (χ3v) is 3.66. The molecule has 3 aliphatic rings. The van der Waals surface area contributed by atoms with Gasteiger partial charge in [-0.05, 0) is 26.1 Å². The van der Waals surface area contributed by atoms with E-state index in [0.717, 1.165) is 0 Å². The van der Waals surface area contributed by atoms with Gasteiger partial charge >= 0.3 is 5.97 Å². The van der Waals surface area contributed by atoms with E-state index in [-0.39, 0.29) is 36.0 Å². The summed E-state index contributed by atoms with van der Waals surface area (Å²) < 4.78 is 27.8. The van der Waals surface area contributed by atoms with Gasteiger partial charge in [-0.3, -0.25) is 4.79 Å². The van der Waals surface area contributed by atoms with E-state index in [1.165, 1.54) is 6.92 Å². The average molecular weight is 303 g/mol. The summed E-state index contributed by atoms with van der Waals surface area (Å²) >= 11 is 5.08. The predicted molar refractivity (Wildman–Crippen MR) is 69.7 cm³/mol. The Morgan fingerprint density at radius 2 is 2.15 bits per heavy atom. The van der Waals surface area contributed by atoms with Crippen molar-refractivity contribution in [2.45, 2.75) is 57.2 Å². The molecule has 7 nitrogen and oxygen atoms in total. The molecule has 3 heterocycles. The van der Waals surface area contributed by atoms with Gasteiger partial charge in [0.25, 0.3) is 5.17 Å². The van der Waals surface area contributed by atoms with Crippen LogP contribution in [0.4, 0.5) is 0 Å². The second-order valence-electron chi connectivity index (χ2n) is 5.49. The molecule has 0 spiro atoms. The maximum Gasteiger partial charge on any atom is 0.302 e. The average Bonchev–Trinajstić information content (AvgIpc) is 2.79. The number of nitrogens with one attached hydrogen (secondary N) is 1. The van der Waals surface area contributed by atoms with Crippen LogP contribution in [0.5, 0.6) is 0 Å². The van der Waals surface area contributed by atoms with Gasteiger partial charge in [0.05, 0.1) is 6.04 Å². The number of ether oxygens (including phenoxy) is 5. The molecule has 0 aromatic heterocycles. The standard InChI is InChI=1S/C12H17NO6S/c1-5(14)15-4-6-8-7(13-11(20)16-6)9-10(17-8)19-12(2,3)18-9/h6-10H,4H2,1-3H3,(H,13,20)/t6-,7+,8-,9-,10-/m1/s1. The van der Waals surface area contributed by atoms with Crippen molar-refractivity contribution < 1.29 is 28.5 Å². The summed E-state index contributed by atoms with van der Waals surface area (Å²) in [7, 11) is 0. The van der Waals surface area contributed by atoms with Crippen LogP contribution in [-0.4, -0.2) is 54.2 Å². The Morgan fingerprint density at radius 3 is 2.85 bits per heavy atom. The summed E-state index contributed by atoms with van der Waals surface area (Å²) in [6, 6.07) is -0.177. The van der Waals surface area contributed by atoms with Crippen LogP contribution in [0.2, 0.25) is 0 Å². The van der Waals surface area contributed by atoms with E-state index in [0.29, 0.717) is 0 Å². The van der Waals surface area contributed by atoms with E-state index < -0.39 is 18.2 Å². The van der Waals surface area contributed by atoms with Crippen molar-refractivity contribution in [2.24, 2.45) is 0 Å². The number of fused-ring (bicyclic) bond motifs is 3. The van der Waals surface area contributed by atoms with Crippen LogP contribution >= 0.6 is 12.2 Å². The van der Waals surface area contributed by atoms with Crippen LogP contribution in [0.25, 0.3) is 0 Å². The minimum Gasteiger partial charge on any atom is -0.462 e. The number of hydrogen-bond donors (Lipinski definition) is 1. The number of esters is 1. The second-order valence-corrected chi connectivity index (χ2v) is 5.86. The molecule has 3 saturated heterocycles. The topological polar surface area (TPSA) is 75.3 Å². The first kappa shape index (κ1) is 14.0. The van der Waals surface area contributed by atoms with Crippen LogP contribution in [0.1, 0.15) is 20.8 Å². The van der Waals surface area contributed by atoms with Crippen molar-refractivity contribution in [1.82, 2.24) is 5.32 Å². The van der Waals surface area contributed by atoms with Gasteiger partial charge in [-0.25, -0.2) is 0 Å². The molecule has 0 aromatic rings. The Bertz CT molecular complexity index is 442. The van der Waals surface area contributed by atoms with E-state index in [4.69, 9.17) is 35.9 Å². The Kier molecular flexibility index (Phi) is 3.36. The molecule has 0 unspecified atom stereocenters. The highest BCUT2D eigenvalue weighted by Crippen LogP contribution is 2.39. The monoisotopic (exact) mass is 303 g/mol. The van der Waals surface area contributed by atoms with Gasteiger partial charge in [-0.2, -0.15) is 0 Å². The fraction of sp³-hybridized carbons (Fsp3) is 0.833. The summed E-state index contributed by atoms with van der Waals surface area (Å²) in [5.41, 5.74) is 0. The summed E-state index contributed by atoms with van der Waals surface area (Å²) in [6.07, 6.45) is -1.54. The lowest BCUT2D eigenvalue weighted by Crippen LogP contribution is -2.59. The molecule has 20 heavy (non-hydrogen) atoms. The van der Waals surface area contributed by atoms with E-state index >= 15 is 0 Å². The smallest absolute Gasteiger partial charge is 0.302 e. The number of rotatable bonds is 2. The van der Waals surface area contributed by atoms with Gasteiger partial charge in [0.15, 0.2) is 18.2 Å². The van der Waals surface area contributed by atoms with Crippen molar-refractivity contribution in [1.29, 1.82) is 0 Å². The fourth-order valence-electron chi connectivity index (χ4n) is 2.72. The van der Waals surface area contributed by atoms with Crippen molar-refractivity contribution >= 4 is 23.4 Å². The quantitative estimate of drug-likeness (QED) is 0.567. The highest BCUT2D eigenvalue weighted by molar-refractivity contribution is 7.80. The number of hydrogen-bond acceptors (Lipinski definition) is 7. The van der Waals surface area contributed by atoms with E-state index in [2.05, 4.69) is 5.32 Å². The Hall–Kier alpha value is -0.960. The first-order valence-electron chi connectivity index (χ1n) is 6.47. The molecule has 3 rings (SSSR count). The highest BCUT2D eigenvalue weighted by atomic mass is 32.1. The molecule has 112 valence electrons. The van der Waals surface area contributed by atoms with Crippen LogP contribution < -0.4 is 5.32 Å². The Balaban J connectivity index is 1.73. The lowest BCUT2D eigenvalue weighted by atomic mass is 10.0. The lowest BCUT2D eigenvalue weighted by molar-refractivity contribution is -0.220. The minimum absolute atomic E-state index is 0.0845. The first-order chi connectivity index (χ1) is 9.35. The number of carbonyl (C=O) groups is 1. The van der Waals surface area contributed by atoms with Crippen molar-refractivity contribution in [2.75, 3.05) is 6.61 Å². The Labute approximate surface area is 121 Å². The SMILES string of the molecule is CC(=O)OC[C@H]1OC(=S)N[C@@H]2[C@H]3OC(C)(C)O[C@H]3O[C@@H]21. The van der Waals surface area contributed by atoms with E-state index in [9.17, 15) is 4.79 Å². The summed E-state index contributed by atoms with van der Waals surface area (Å²) in [5, 5.41) is 3.29. The molecular weight excluding hydrogens is 286 g/mol. The molecule has 0 amide bonds. The number of thiocarbonyl (C=S) groups is 1. The zero-order valence-corrected chi connectivity index (χ0v) is 12.3. The molecular formula is C12H17NO6S. The number of carbonyl (C=O) groups excluding carboxylic acids is 1. The van der Waals surface area contributed by atoms with Gasteiger partial charge in [0.2, 0.25) is 0 Å². The molecule has 3 aliphatic heterocycles. The summed E-state index contributed by atoms with van der Waals surface area (Å²) in [6.45, 7) is 5.09. The van der Waals surface area contributed by atoms with Crippen molar-refractivity contribution in [3.63, 3.8) is 0 Å².